The van der Waals surface area contributed by atoms with Gasteiger partial charge >= 0.3 is 0 Å². The van der Waals surface area contributed by atoms with E-state index in [1.54, 1.807) is 31.5 Å². The zero-order valence-electron chi connectivity index (χ0n) is 17.9. The molecule has 0 fully saturated rings. The third-order valence-electron chi connectivity index (χ3n) is 4.97. The van der Waals surface area contributed by atoms with E-state index < -0.39 is 10.0 Å². The Kier molecular flexibility index (Phi) is 6.38. The smallest absolute Gasteiger partial charge is 0.240 e. The van der Waals surface area contributed by atoms with Crippen molar-refractivity contribution >= 4 is 21.2 Å². The third-order valence-corrected chi connectivity index (χ3v) is 6.39. The molecule has 0 aliphatic rings. The second-order valence-corrected chi connectivity index (χ2v) is 8.77. The van der Waals surface area contributed by atoms with Gasteiger partial charge in [0, 0.05) is 11.8 Å². The zero-order valence-corrected chi connectivity index (χ0v) is 18.7. The molecule has 32 heavy (non-hydrogen) atoms. The maximum absolute atomic E-state index is 12.8. The Balaban J connectivity index is 1.62. The lowest BCUT2D eigenvalue weighted by molar-refractivity contribution is 0.340. The van der Waals surface area contributed by atoms with Gasteiger partial charge in [0.15, 0.2) is 5.65 Å². The van der Waals surface area contributed by atoms with Gasteiger partial charge in [0.05, 0.1) is 31.7 Å². The van der Waals surface area contributed by atoms with E-state index in [0.717, 1.165) is 11.3 Å². The van der Waals surface area contributed by atoms with E-state index in [4.69, 9.17) is 9.47 Å². The Morgan fingerprint density at radius 1 is 1.03 bits per heavy atom. The first kappa shape index (κ1) is 21.8. The van der Waals surface area contributed by atoms with E-state index in [2.05, 4.69) is 14.7 Å². The molecule has 4 aromatic rings. The van der Waals surface area contributed by atoms with Crippen molar-refractivity contribution in [3.63, 3.8) is 0 Å². The van der Waals surface area contributed by atoms with Gasteiger partial charge in [-0.25, -0.2) is 23.1 Å². The quantitative estimate of drug-likeness (QED) is 0.418. The summed E-state index contributed by atoms with van der Waals surface area (Å²) in [6.45, 7) is 2.84. The first-order valence-electron chi connectivity index (χ1n) is 10.2. The van der Waals surface area contributed by atoms with Crippen LogP contribution in [0.5, 0.6) is 11.5 Å². The number of pyridine rings is 1. The highest BCUT2D eigenvalue weighted by Crippen LogP contribution is 2.23. The minimum absolute atomic E-state index is 0.0149. The number of imidazole rings is 1. The molecule has 0 bridgehead atoms. The summed E-state index contributed by atoms with van der Waals surface area (Å²) in [6, 6.07) is 17.6. The lowest BCUT2D eigenvalue weighted by atomic mass is 10.2. The van der Waals surface area contributed by atoms with E-state index in [1.807, 2.05) is 41.8 Å². The van der Waals surface area contributed by atoms with Gasteiger partial charge in [0.25, 0.3) is 0 Å². The fourth-order valence-corrected chi connectivity index (χ4v) is 4.42. The predicted octanol–water partition coefficient (Wildman–Crippen LogP) is 3.37. The van der Waals surface area contributed by atoms with Crippen LogP contribution in [0, 0.1) is 0 Å². The number of aromatic nitrogens is 3. The van der Waals surface area contributed by atoms with Gasteiger partial charge in [0.2, 0.25) is 10.0 Å². The van der Waals surface area contributed by atoms with Gasteiger partial charge in [0.1, 0.15) is 22.8 Å². The molecule has 0 saturated carbocycles. The number of rotatable bonds is 9. The molecule has 0 aliphatic carbocycles. The Morgan fingerprint density at radius 2 is 1.81 bits per heavy atom. The standard InChI is InChI=1S/C23H24N4O4S/c1-3-31-18-10-12-19(13-11-18)32(28,29)25-15-22-26-20-8-6-14-24-23(20)27(22)16-17-7-4-5-9-21(17)30-2/h4-14,25H,3,15-16H2,1-2H3. The van der Waals surface area contributed by atoms with Gasteiger partial charge in [-0.05, 0) is 49.4 Å². The summed E-state index contributed by atoms with van der Waals surface area (Å²) in [5, 5.41) is 0. The topological polar surface area (TPSA) is 95.3 Å². The summed E-state index contributed by atoms with van der Waals surface area (Å²) in [5.41, 5.74) is 2.31. The minimum Gasteiger partial charge on any atom is -0.496 e. The Hall–Kier alpha value is -3.43. The molecular weight excluding hydrogens is 428 g/mol. The molecule has 0 spiro atoms. The van der Waals surface area contributed by atoms with Crippen molar-refractivity contribution in [2.75, 3.05) is 13.7 Å². The van der Waals surface area contributed by atoms with Crippen molar-refractivity contribution < 1.29 is 17.9 Å². The van der Waals surface area contributed by atoms with E-state index in [-0.39, 0.29) is 11.4 Å². The molecule has 0 aliphatic heterocycles. The Bertz CT molecular complexity index is 1320. The van der Waals surface area contributed by atoms with Crippen LogP contribution in [0.15, 0.2) is 71.8 Å². The monoisotopic (exact) mass is 452 g/mol. The van der Waals surface area contributed by atoms with Gasteiger partial charge in [-0.2, -0.15) is 0 Å². The van der Waals surface area contributed by atoms with Crippen molar-refractivity contribution in [3.8, 4) is 11.5 Å². The van der Waals surface area contributed by atoms with E-state index >= 15 is 0 Å². The number of para-hydroxylation sites is 1. The molecule has 2 heterocycles. The number of benzene rings is 2. The summed E-state index contributed by atoms with van der Waals surface area (Å²) < 4.78 is 41.1. The van der Waals surface area contributed by atoms with Crippen molar-refractivity contribution in [1.82, 2.24) is 19.3 Å². The van der Waals surface area contributed by atoms with Crippen LogP contribution in [0.3, 0.4) is 0 Å². The SMILES string of the molecule is CCOc1ccc(S(=O)(=O)NCc2nc3cccnc3n2Cc2ccccc2OC)cc1. The maximum atomic E-state index is 12.8. The number of nitrogens with one attached hydrogen (secondary N) is 1. The van der Waals surface area contributed by atoms with Crippen LogP contribution >= 0.6 is 0 Å². The fourth-order valence-electron chi connectivity index (χ4n) is 3.43. The van der Waals surface area contributed by atoms with Crippen LogP contribution in [0.4, 0.5) is 0 Å². The number of sulfonamides is 1. The maximum Gasteiger partial charge on any atom is 0.240 e. The van der Waals surface area contributed by atoms with Gasteiger partial charge in [-0.1, -0.05) is 18.2 Å². The summed E-state index contributed by atoms with van der Waals surface area (Å²) >= 11 is 0. The van der Waals surface area contributed by atoms with Crippen LogP contribution < -0.4 is 14.2 Å². The van der Waals surface area contributed by atoms with Crippen molar-refractivity contribution in [1.29, 1.82) is 0 Å². The molecule has 2 aromatic heterocycles. The van der Waals surface area contributed by atoms with Crippen molar-refractivity contribution in [2.45, 2.75) is 24.9 Å². The van der Waals surface area contributed by atoms with Crippen LogP contribution in [0.2, 0.25) is 0 Å². The van der Waals surface area contributed by atoms with Crippen LogP contribution in [-0.4, -0.2) is 36.7 Å². The average Bonchev–Trinajstić information content (AvgIpc) is 3.16. The third kappa shape index (κ3) is 4.58. The molecule has 9 heteroatoms. The highest BCUT2D eigenvalue weighted by Gasteiger charge is 2.18. The van der Waals surface area contributed by atoms with E-state index in [9.17, 15) is 8.42 Å². The average molecular weight is 453 g/mol. The second-order valence-electron chi connectivity index (χ2n) is 7.00. The molecule has 0 atom stereocenters. The molecular formula is C23H24N4O4S. The first-order chi connectivity index (χ1) is 15.5. The predicted molar refractivity (Wildman–Crippen MR) is 121 cm³/mol. The molecule has 1 N–H and O–H groups in total. The summed E-state index contributed by atoms with van der Waals surface area (Å²) in [6.07, 6.45) is 1.69. The van der Waals surface area contributed by atoms with E-state index in [0.29, 0.717) is 35.9 Å². The second kappa shape index (κ2) is 9.37. The number of methoxy groups -OCH3 is 1. The molecule has 166 valence electrons. The Labute approximate surface area is 186 Å². The highest BCUT2D eigenvalue weighted by atomic mass is 32.2. The van der Waals surface area contributed by atoms with Crippen molar-refractivity contribution in [2.24, 2.45) is 0 Å². The summed E-state index contributed by atoms with van der Waals surface area (Å²) in [5.74, 6) is 1.92. The summed E-state index contributed by atoms with van der Waals surface area (Å²) in [4.78, 5) is 9.22. The lowest BCUT2D eigenvalue weighted by Gasteiger charge is -2.13. The number of ether oxygens (including phenoxy) is 2. The van der Waals surface area contributed by atoms with Crippen LogP contribution in [0.1, 0.15) is 18.3 Å². The van der Waals surface area contributed by atoms with Gasteiger partial charge < -0.3 is 14.0 Å². The van der Waals surface area contributed by atoms with Crippen LogP contribution in [0.25, 0.3) is 11.2 Å². The minimum atomic E-state index is -3.73. The summed E-state index contributed by atoms with van der Waals surface area (Å²) in [7, 11) is -2.11. The first-order valence-corrected chi connectivity index (χ1v) is 11.6. The molecule has 0 radical (unpaired) electrons. The van der Waals surface area contributed by atoms with Gasteiger partial charge in [-0.15, -0.1) is 0 Å². The fraction of sp³-hybridized carbons (Fsp3) is 0.217. The van der Waals surface area contributed by atoms with Crippen LogP contribution in [-0.2, 0) is 23.1 Å². The molecule has 8 nitrogen and oxygen atoms in total. The van der Waals surface area contributed by atoms with Crippen molar-refractivity contribution in [3.05, 3.63) is 78.2 Å². The van der Waals surface area contributed by atoms with E-state index in [1.165, 1.54) is 12.1 Å². The normalized spacial score (nSPS) is 11.6. The number of nitrogens with zero attached hydrogens (tertiary/aromatic N) is 3. The highest BCUT2D eigenvalue weighted by molar-refractivity contribution is 7.89. The van der Waals surface area contributed by atoms with Gasteiger partial charge in [-0.3, -0.25) is 0 Å². The molecule has 2 aromatic carbocycles. The largest absolute Gasteiger partial charge is 0.496 e. The Morgan fingerprint density at radius 3 is 2.56 bits per heavy atom. The number of hydrogen-bond donors (Lipinski definition) is 1. The molecule has 0 saturated heterocycles. The lowest BCUT2D eigenvalue weighted by Crippen LogP contribution is -2.25. The number of fused-ring (bicyclic) bond motifs is 1. The zero-order chi connectivity index (χ0) is 22.6. The number of hydrogen-bond acceptors (Lipinski definition) is 6. The molecule has 0 unspecified atom stereocenters. The molecule has 0 amide bonds. The molecule has 4 rings (SSSR count).